The highest BCUT2D eigenvalue weighted by atomic mass is 19.1. The highest BCUT2D eigenvalue weighted by Gasteiger charge is 2.20. The molecule has 0 radical (unpaired) electrons. The minimum atomic E-state index is -0.753. The van der Waals surface area contributed by atoms with Gasteiger partial charge in [0.1, 0.15) is 5.82 Å². The predicted octanol–water partition coefficient (Wildman–Crippen LogP) is 2.73. The van der Waals surface area contributed by atoms with Crippen LogP contribution in [0.2, 0.25) is 0 Å². The maximum absolute atomic E-state index is 13.3. The van der Waals surface area contributed by atoms with Crippen LogP contribution < -0.4 is 11.1 Å². The van der Waals surface area contributed by atoms with Crippen LogP contribution in [0.25, 0.3) is 0 Å². The molecular weight excluding hydrogens is 259 g/mol. The van der Waals surface area contributed by atoms with Gasteiger partial charge in [0.05, 0.1) is 5.69 Å². The highest BCUT2D eigenvalue weighted by Crippen LogP contribution is 2.21. The molecule has 1 atom stereocenters. The molecule has 5 heteroatoms. The number of carbonyl (C=O) groups excluding carboxylic acids is 1. The van der Waals surface area contributed by atoms with Gasteiger partial charge in [-0.3, -0.25) is 4.79 Å². The molecule has 2 aromatic carbocycles. The number of hydrogen-bond acceptors (Lipinski definition) is 3. The molecule has 3 N–H and O–H groups in total. The molecule has 0 fully saturated rings. The van der Waals surface area contributed by atoms with Crippen LogP contribution in [0, 0.1) is 5.82 Å². The summed E-state index contributed by atoms with van der Waals surface area (Å²) in [5.41, 5.74) is 6.48. The van der Waals surface area contributed by atoms with E-state index in [-0.39, 0.29) is 11.6 Å². The smallest absolute Gasteiger partial charge is 0.258 e. The number of amides is 1. The Morgan fingerprint density at radius 3 is 2.55 bits per heavy atom. The van der Waals surface area contributed by atoms with Crippen LogP contribution in [0.5, 0.6) is 0 Å². The Kier molecular flexibility index (Phi) is 4.32. The van der Waals surface area contributed by atoms with E-state index in [9.17, 15) is 9.18 Å². The molecule has 0 aliphatic rings. The summed E-state index contributed by atoms with van der Waals surface area (Å²) in [6.07, 6.45) is -0.753. The van der Waals surface area contributed by atoms with Gasteiger partial charge in [-0.1, -0.05) is 30.3 Å². The fourth-order valence-corrected chi connectivity index (χ4v) is 1.84. The molecule has 0 aliphatic carbocycles. The molecule has 2 aromatic rings. The molecule has 0 aromatic heterocycles. The predicted molar refractivity (Wildman–Crippen MR) is 75.6 cm³/mol. The summed E-state index contributed by atoms with van der Waals surface area (Å²) in [6, 6.07) is 13.2. The number of halogens is 1. The van der Waals surface area contributed by atoms with Crippen LogP contribution in [0.15, 0.2) is 48.5 Å². The number of hydrogen-bond donors (Lipinski definition) is 2. The van der Waals surface area contributed by atoms with Crippen LogP contribution in [0.4, 0.5) is 15.8 Å². The average Bonchev–Trinajstić information content (AvgIpc) is 2.45. The summed E-state index contributed by atoms with van der Waals surface area (Å²) in [4.78, 5) is 12.2. The van der Waals surface area contributed by atoms with Crippen molar-refractivity contribution in [1.82, 2.24) is 0 Å². The van der Waals surface area contributed by atoms with Crippen molar-refractivity contribution in [1.29, 1.82) is 0 Å². The quantitative estimate of drug-likeness (QED) is 0.842. The molecule has 0 heterocycles. The van der Waals surface area contributed by atoms with Crippen LogP contribution in [0.1, 0.15) is 11.7 Å². The lowest BCUT2D eigenvalue weighted by Crippen LogP contribution is -2.22. The topological polar surface area (TPSA) is 64.3 Å². The Morgan fingerprint density at radius 1 is 1.25 bits per heavy atom. The molecule has 1 unspecified atom stereocenters. The molecule has 104 valence electrons. The number of nitrogens with one attached hydrogen (secondary N) is 1. The zero-order valence-electron chi connectivity index (χ0n) is 11.0. The molecule has 0 saturated heterocycles. The first-order valence-electron chi connectivity index (χ1n) is 6.05. The summed E-state index contributed by atoms with van der Waals surface area (Å²) < 4.78 is 18.5. The number of methoxy groups -OCH3 is 1. The maximum Gasteiger partial charge on any atom is 0.258 e. The van der Waals surface area contributed by atoms with E-state index in [0.29, 0.717) is 5.69 Å². The SMILES string of the molecule is COC(C(=O)Nc1ccc(N)c(F)c1)c1ccccc1. The van der Waals surface area contributed by atoms with Gasteiger partial charge in [0.15, 0.2) is 6.10 Å². The monoisotopic (exact) mass is 274 g/mol. The number of ether oxygens (including phenoxy) is 1. The largest absolute Gasteiger partial charge is 0.396 e. The summed E-state index contributed by atoms with van der Waals surface area (Å²) in [7, 11) is 1.45. The van der Waals surface area contributed by atoms with Crippen molar-refractivity contribution >= 4 is 17.3 Å². The van der Waals surface area contributed by atoms with E-state index in [1.807, 2.05) is 18.2 Å². The van der Waals surface area contributed by atoms with Crippen molar-refractivity contribution in [3.8, 4) is 0 Å². The normalized spacial score (nSPS) is 11.9. The number of benzene rings is 2. The van der Waals surface area contributed by atoms with E-state index in [4.69, 9.17) is 10.5 Å². The molecule has 0 aliphatic heterocycles. The van der Waals surface area contributed by atoms with Gasteiger partial charge in [0.25, 0.3) is 5.91 Å². The third-order valence-corrected chi connectivity index (χ3v) is 2.84. The molecule has 2 rings (SSSR count). The Bertz CT molecular complexity index is 602. The summed E-state index contributed by atoms with van der Waals surface area (Å²) in [5, 5.41) is 2.60. The molecule has 20 heavy (non-hydrogen) atoms. The lowest BCUT2D eigenvalue weighted by Gasteiger charge is -2.15. The van der Waals surface area contributed by atoms with Crippen molar-refractivity contribution in [3.05, 3.63) is 59.9 Å². The second-order valence-electron chi connectivity index (χ2n) is 4.25. The van der Waals surface area contributed by atoms with E-state index >= 15 is 0 Å². The van der Waals surface area contributed by atoms with E-state index in [1.54, 1.807) is 12.1 Å². The van der Waals surface area contributed by atoms with E-state index in [2.05, 4.69) is 5.32 Å². The van der Waals surface area contributed by atoms with E-state index < -0.39 is 11.9 Å². The lowest BCUT2D eigenvalue weighted by atomic mass is 10.1. The fourth-order valence-electron chi connectivity index (χ4n) is 1.84. The molecule has 4 nitrogen and oxygen atoms in total. The van der Waals surface area contributed by atoms with Gasteiger partial charge < -0.3 is 15.8 Å². The van der Waals surface area contributed by atoms with E-state index in [1.165, 1.54) is 25.3 Å². The first-order chi connectivity index (χ1) is 9.61. The average molecular weight is 274 g/mol. The Balaban J connectivity index is 2.15. The van der Waals surface area contributed by atoms with Gasteiger partial charge in [-0.05, 0) is 23.8 Å². The molecular formula is C15H15FN2O2. The molecule has 1 amide bonds. The number of nitrogens with two attached hydrogens (primary N) is 1. The van der Waals surface area contributed by atoms with Gasteiger partial charge in [-0.15, -0.1) is 0 Å². The molecule has 0 spiro atoms. The highest BCUT2D eigenvalue weighted by molar-refractivity contribution is 5.95. The second-order valence-corrected chi connectivity index (χ2v) is 4.25. The van der Waals surface area contributed by atoms with Crippen LogP contribution in [0.3, 0.4) is 0 Å². The number of nitrogen functional groups attached to an aromatic ring is 1. The zero-order chi connectivity index (χ0) is 14.5. The number of anilines is 2. The number of rotatable bonds is 4. The van der Waals surface area contributed by atoms with Gasteiger partial charge in [-0.25, -0.2) is 4.39 Å². The Hall–Kier alpha value is -2.40. The Labute approximate surface area is 116 Å². The first-order valence-corrected chi connectivity index (χ1v) is 6.05. The number of carbonyl (C=O) groups is 1. The van der Waals surface area contributed by atoms with Crippen molar-refractivity contribution in [2.75, 3.05) is 18.2 Å². The van der Waals surface area contributed by atoms with Crippen LogP contribution >= 0.6 is 0 Å². The van der Waals surface area contributed by atoms with Gasteiger partial charge in [0, 0.05) is 12.8 Å². The summed E-state index contributed by atoms with van der Waals surface area (Å²) in [5.74, 6) is -0.945. The molecule has 0 bridgehead atoms. The summed E-state index contributed by atoms with van der Waals surface area (Å²) >= 11 is 0. The standard InChI is InChI=1S/C15H15FN2O2/c1-20-14(10-5-3-2-4-6-10)15(19)18-11-7-8-13(17)12(16)9-11/h2-9,14H,17H2,1H3,(H,18,19). The minimum absolute atomic E-state index is 0.0364. The first kappa shape index (κ1) is 14.0. The van der Waals surface area contributed by atoms with Crippen molar-refractivity contribution in [3.63, 3.8) is 0 Å². The maximum atomic E-state index is 13.3. The van der Waals surface area contributed by atoms with Gasteiger partial charge in [0.2, 0.25) is 0 Å². The van der Waals surface area contributed by atoms with Crippen LogP contribution in [-0.2, 0) is 9.53 Å². The van der Waals surface area contributed by atoms with Crippen molar-refractivity contribution in [2.24, 2.45) is 0 Å². The summed E-state index contributed by atoms with van der Waals surface area (Å²) in [6.45, 7) is 0. The van der Waals surface area contributed by atoms with Gasteiger partial charge >= 0.3 is 0 Å². The Morgan fingerprint density at radius 2 is 1.95 bits per heavy atom. The van der Waals surface area contributed by atoms with Crippen molar-refractivity contribution in [2.45, 2.75) is 6.10 Å². The molecule has 0 saturated carbocycles. The zero-order valence-corrected chi connectivity index (χ0v) is 11.0. The van der Waals surface area contributed by atoms with E-state index in [0.717, 1.165) is 5.56 Å². The lowest BCUT2D eigenvalue weighted by molar-refractivity contribution is -0.126. The minimum Gasteiger partial charge on any atom is -0.396 e. The van der Waals surface area contributed by atoms with Gasteiger partial charge in [-0.2, -0.15) is 0 Å². The van der Waals surface area contributed by atoms with Crippen molar-refractivity contribution < 1.29 is 13.9 Å². The third kappa shape index (κ3) is 3.13. The third-order valence-electron chi connectivity index (χ3n) is 2.84. The fraction of sp³-hybridized carbons (Fsp3) is 0.133. The van der Waals surface area contributed by atoms with Crippen LogP contribution in [-0.4, -0.2) is 13.0 Å². The second kappa shape index (κ2) is 6.16.